The molecule has 0 fully saturated rings. The lowest BCUT2D eigenvalue weighted by Gasteiger charge is -2.11. The van der Waals surface area contributed by atoms with E-state index >= 15 is 0 Å². The van der Waals surface area contributed by atoms with Gasteiger partial charge in [0.25, 0.3) is 0 Å². The lowest BCUT2D eigenvalue weighted by Crippen LogP contribution is -2.33. The molecule has 3 heteroatoms. The summed E-state index contributed by atoms with van der Waals surface area (Å²) in [6.45, 7) is 3.30. The summed E-state index contributed by atoms with van der Waals surface area (Å²) in [6, 6.07) is 11.5. The molecule has 0 saturated heterocycles. The molecule has 1 atom stereocenters. The maximum atomic E-state index is 8.84. The van der Waals surface area contributed by atoms with Crippen molar-refractivity contribution in [3.63, 3.8) is 0 Å². The van der Waals surface area contributed by atoms with E-state index in [2.05, 4.69) is 18.3 Å². The van der Waals surface area contributed by atoms with E-state index in [0.717, 1.165) is 18.7 Å². The van der Waals surface area contributed by atoms with Crippen LogP contribution in [0.5, 0.6) is 5.75 Å². The number of nitrogens with one attached hydrogen (secondary N) is 1. The van der Waals surface area contributed by atoms with Crippen LogP contribution in [0.15, 0.2) is 30.3 Å². The third kappa shape index (κ3) is 4.48. The first-order chi connectivity index (χ1) is 7.36. The molecule has 0 aromatic heterocycles. The van der Waals surface area contributed by atoms with Crippen molar-refractivity contribution in [2.24, 2.45) is 0 Å². The highest BCUT2D eigenvalue weighted by Gasteiger charge is 2.05. The van der Waals surface area contributed by atoms with Crippen LogP contribution < -0.4 is 10.1 Å². The Morgan fingerprint density at radius 1 is 1.40 bits per heavy atom. The average molecular weight is 204 g/mol. The Morgan fingerprint density at radius 2 is 2.13 bits per heavy atom. The van der Waals surface area contributed by atoms with Crippen LogP contribution in [0.4, 0.5) is 0 Å². The summed E-state index contributed by atoms with van der Waals surface area (Å²) in [5, 5.41) is 11.9. The van der Waals surface area contributed by atoms with Gasteiger partial charge >= 0.3 is 0 Å². The summed E-state index contributed by atoms with van der Waals surface area (Å²) in [6.07, 6.45) is 1.02. The number of hydrogen-bond donors (Lipinski definition) is 1. The van der Waals surface area contributed by atoms with E-state index in [1.165, 1.54) is 0 Å². The Bertz CT molecular complexity index is 305. The lowest BCUT2D eigenvalue weighted by atomic mass is 10.3. The third-order valence-electron chi connectivity index (χ3n) is 1.96. The average Bonchev–Trinajstić information content (AvgIpc) is 2.31. The van der Waals surface area contributed by atoms with Crippen molar-refractivity contribution in [2.45, 2.75) is 19.4 Å². The number of benzene rings is 1. The Hall–Kier alpha value is -1.53. The smallest absolute Gasteiger partial charge is 0.130 e. The zero-order chi connectivity index (χ0) is 10.9. The van der Waals surface area contributed by atoms with Crippen molar-refractivity contribution < 1.29 is 4.74 Å². The summed E-state index contributed by atoms with van der Waals surface area (Å²) >= 11 is 0. The van der Waals surface area contributed by atoms with Crippen LogP contribution in [0.3, 0.4) is 0 Å². The van der Waals surface area contributed by atoms with Gasteiger partial charge < -0.3 is 4.74 Å². The van der Waals surface area contributed by atoms with Crippen LogP contribution in [0.1, 0.15) is 13.3 Å². The van der Waals surface area contributed by atoms with E-state index in [4.69, 9.17) is 10.00 Å². The van der Waals surface area contributed by atoms with Crippen LogP contribution in [-0.4, -0.2) is 19.2 Å². The van der Waals surface area contributed by atoms with Crippen molar-refractivity contribution in [3.05, 3.63) is 30.3 Å². The van der Waals surface area contributed by atoms with E-state index in [1.54, 1.807) is 0 Å². The standard InChI is InChI=1S/C12H16N2O/c1-2-8-14-11(9-13)10-15-12-6-4-3-5-7-12/h3-7,11,14H,2,8,10H2,1H3. The molecule has 0 bridgehead atoms. The SMILES string of the molecule is CCCNC(C#N)COc1ccccc1. The van der Waals surface area contributed by atoms with Gasteiger partial charge in [-0.25, -0.2) is 0 Å². The summed E-state index contributed by atoms with van der Waals surface area (Å²) in [5.74, 6) is 0.802. The molecule has 1 unspecified atom stereocenters. The molecule has 0 heterocycles. The minimum Gasteiger partial charge on any atom is -0.491 e. The van der Waals surface area contributed by atoms with Crippen molar-refractivity contribution in [3.8, 4) is 11.8 Å². The first-order valence-electron chi connectivity index (χ1n) is 5.17. The number of ether oxygens (including phenoxy) is 1. The van der Waals surface area contributed by atoms with Gasteiger partial charge in [0.05, 0.1) is 6.07 Å². The molecule has 0 amide bonds. The summed E-state index contributed by atoms with van der Waals surface area (Å²) in [7, 11) is 0. The van der Waals surface area contributed by atoms with E-state index in [-0.39, 0.29) is 6.04 Å². The molecule has 1 aromatic carbocycles. The fraction of sp³-hybridized carbons (Fsp3) is 0.417. The Labute approximate surface area is 90.7 Å². The highest BCUT2D eigenvalue weighted by molar-refractivity contribution is 5.21. The molecule has 1 aromatic rings. The lowest BCUT2D eigenvalue weighted by molar-refractivity contribution is 0.289. The molecule has 0 aliphatic carbocycles. The molecular formula is C12H16N2O. The van der Waals surface area contributed by atoms with Gasteiger partial charge in [0.15, 0.2) is 0 Å². The minimum absolute atomic E-state index is 0.231. The highest BCUT2D eigenvalue weighted by Crippen LogP contribution is 2.08. The van der Waals surface area contributed by atoms with Gasteiger partial charge in [0.1, 0.15) is 18.4 Å². The molecule has 3 nitrogen and oxygen atoms in total. The largest absolute Gasteiger partial charge is 0.491 e. The van der Waals surface area contributed by atoms with Gasteiger partial charge in [0.2, 0.25) is 0 Å². The molecule has 0 aliphatic heterocycles. The van der Waals surface area contributed by atoms with Gasteiger partial charge in [-0.2, -0.15) is 5.26 Å². The normalized spacial score (nSPS) is 11.7. The predicted octanol–water partition coefficient (Wildman–Crippen LogP) is 1.96. The van der Waals surface area contributed by atoms with Crippen LogP contribution >= 0.6 is 0 Å². The van der Waals surface area contributed by atoms with E-state index < -0.39 is 0 Å². The molecule has 1 N–H and O–H groups in total. The molecule has 0 saturated carbocycles. The summed E-state index contributed by atoms with van der Waals surface area (Å²) in [5.41, 5.74) is 0. The Morgan fingerprint density at radius 3 is 2.73 bits per heavy atom. The summed E-state index contributed by atoms with van der Waals surface area (Å²) < 4.78 is 5.47. The van der Waals surface area contributed by atoms with Gasteiger partial charge in [-0.3, -0.25) is 5.32 Å². The maximum Gasteiger partial charge on any atom is 0.130 e. The molecule has 0 radical (unpaired) electrons. The van der Waals surface area contributed by atoms with Crippen LogP contribution in [0.25, 0.3) is 0 Å². The van der Waals surface area contributed by atoms with Crippen LogP contribution in [-0.2, 0) is 0 Å². The van der Waals surface area contributed by atoms with Crippen LogP contribution in [0, 0.1) is 11.3 Å². The number of para-hydroxylation sites is 1. The number of nitriles is 1. The number of nitrogens with zero attached hydrogens (tertiary/aromatic N) is 1. The fourth-order valence-corrected chi connectivity index (χ4v) is 1.16. The van der Waals surface area contributed by atoms with E-state index in [1.807, 2.05) is 30.3 Å². The Balaban J connectivity index is 2.32. The predicted molar refractivity (Wildman–Crippen MR) is 59.6 cm³/mol. The second-order valence-corrected chi connectivity index (χ2v) is 3.26. The minimum atomic E-state index is -0.231. The van der Waals surface area contributed by atoms with Crippen molar-refractivity contribution in [1.82, 2.24) is 5.32 Å². The zero-order valence-electron chi connectivity index (χ0n) is 8.94. The Kier molecular flexibility index (Phi) is 5.28. The third-order valence-corrected chi connectivity index (χ3v) is 1.96. The molecule has 1 rings (SSSR count). The zero-order valence-corrected chi connectivity index (χ0v) is 8.94. The van der Waals surface area contributed by atoms with Gasteiger partial charge in [-0.15, -0.1) is 0 Å². The maximum absolute atomic E-state index is 8.84. The first kappa shape index (κ1) is 11.5. The second kappa shape index (κ2) is 6.86. The monoisotopic (exact) mass is 204 g/mol. The topological polar surface area (TPSA) is 45.0 Å². The van der Waals surface area contributed by atoms with Crippen molar-refractivity contribution in [1.29, 1.82) is 5.26 Å². The molecular weight excluding hydrogens is 188 g/mol. The summed E-state index contributed by atoms with van der Waals surface area (Å²) in [4.78, 5) is 0. The molecule has 80 valence electrons. The number of rotatable bonds is 6. The van der Waals surface area contributed by atoms with Crippen molar-refractivity contribution >= 4 is 0 Å². The molecule has 0 spiro atoms. The molecule has 15 heavy (non-hydrogen) atoms. The fourth-order valence-electron chi connectivity index (χ4n) is 1.16. The first-order valence-corrected chi connectivity index (χ1v) is 5.17. The van der Waals surface area contributed by atoms with Gasteiger partial charge in [0, 0.05) is 0 Å². The second-order valence-electron chi connectivity index (χ2n) is 3.26. The quantitative estimate of drug-likeness (QED) is 0.770. The molecule has 0 aliphatic rings. The van der Waals surface area contributed by atoms with E-state index in [9.17, 15) is 0 Å². The van der Waals surface area contributed by atoms with E-state index in [0.29, 0.717) is 6.61 Å². The van der Waals surface area contributed by atoms with Gasteiger partial charge in [-0.05, 0) is 25.1 Å². The van der Waals surface area contributed by atoms with Crippen LogP contribution in [0.2, 0.25) is 0 Å². The highest BCUT2D eigenvalue weighted by atomic mass is 16.5. The van der Waals surface area contributed by atoms with Gasteiger partial charge in [-0.1, -0.05) is 25.1 Å². The van der Waals surface area contributed by atoms with Crippen molar-refractivity contribution in [2.75, 3.05) is 13.2 Å². The number of hydrogen-bond acceptors (Lipinski definition) is 3.